The number of pyridine rings is 1. The van der Waals surface area contributed by atoms with Gasteiger partial charge in [0.1, 0.15) is 11.5 Å². The SMILES string of the molecule is Cc1cccn2cc(-c3ccccc3NC(=O)C=Cc3ccc(F)cc3)nc12. The van der Waals surface area contributed by atoms with E-state index in [0.717, 1.165) is 28.0 Å². The third-order valence-corrected chi connectivity index (χ3v) is 4.44. The molecule has 28 heavy (non-hydrogen) atoms. The highest BCUT2D eigenvalue weighted by Crippen LogP contribution is 2.28. The lowest BCUT2D eigenvalue weighted by molar-refractivity contribution is -0.111. The lowest BCUT2D eigenvalue weighted by Gasteiger charge is -2.07. The van der Waals surface area contributed by atoms with Crippen molar-refractivity contribution in [2.24, 2.45) is 0 Å². The Hall–Kier alpha value is -3.73. The van der Waals surface area contributed by atoms with Crippen molar-refractivity contribution in [1.29, 1.82) is 0 Å². The summed E-state index contributed by atoms with van der Waals surface area (Å²) in [5.41, 5.74) is 5.02. The molecule has 2 aromatic heterocycles. The molecule has 4 aromatic rings. The zero-order valence-corrected chi connectivity index (χ0v) is 15.3. The van der Waals surface area contributed by atoms with Crippen LogP contribution in [-0.2, 0) is 4.79 Å². The second kappa shape index (κ2) is 7.48. The summed E-state index contributed by atoms with van der Waals surface area (Å²) in [6.45, 7) is 2.01. The molecule has 4 rings (SSSR count). The number of benzene rings is 2. The summed E-state index contributed by atoms with van der Waals surface area (Å²) >= 11 is 0. The van der Waals surface area contributed by atoms with Crippen LogP contribution in [0.5, 0.6) is 0 Å². The summed E-state index contributed by atoms with van der Waals surface area (Å²) in [7, 11) is 0. The zero-order valence-electron chi connectivity index (χ0n) is 15.3. The number of anilines is 1. The number of hydrogen-bond donors (Lipinski definition) is 1. The molecule has 5 heteroatoms. The number of aromatic nitrogens is 2. The fourth-order valence-corrected chi connectivity index (χ4v) is 3.02. The fourth-order valence-electron chi connectivity index (χ4n) is 3.02. The normalized spacial score (nSPS) is 11.2. The molecule has 0 fully saturated rings. The Bertz CT molecular complexity index is 1180. The fraction of sp³-hybridized carbons (Fsp3) is 0.0435. The average Bonchev–Trinajstić information content (AvgIpc) is 3.13. The van der Waals surface area contributed by atoms with Crippen molar-refractivity contribution < 1.29 is 9.18 Å². The maximum atomic E-state index is 13.0. The summed E-state index contributed by atoms with van der Waals surface area (Å²) in [6, 6.07) is 17.5. The Morgan fingerprint density at radius 3 is 2.64 bits per heavy atom. The monoisotopic (exact) mass is 371 g/mol. The molecule has 0 atom stereocenters. The maximum Gasteiger partial charge on any atom is 0.248 e. The minimum atomic E-state index is -0.307. The molecule has 2 heterocycles. The van der Waals surface area contributed by atoms with E-state index < -0.39 is 0 Å². The van der Waals surface area contributed by atoms with Crippen LogP contribution in [0.4, 0.5) is 10.1 Å². The predicted octanol–water partition coefficient (Wildman–Crippen LogP) is 5.10. The largest absolute Gasteiger partial charge is 0.322 e. The highest BCUT2D eigenvalue weighted by atomic mass is 19.1. The number of carbonyl (C=O) groups excluding carboxylic acids is 1. The molecule has 0 saturated heterocycles. The number of hydrogen-bond acceptors (Lipinski definition) is 2. The van der Waals surface area contributed by atoms with Crippen LogP contribution in [0.1, 0.15) is 11.1 Å². The minimum Gasteiger partial charge on any atom is -0.322 e. The molecular formula is C23H18FN3O. The Morgan fingerprint density at radius 2 is 1.86 bits per heavy atom. The molecule has 0 aliphatic carbocycles. The predicted molar refractivity (Wildman–Crippen MR) is 109 cm³/mol. The molecule has 0 aliphatic heterocycles. The third-order valence-electron chi connectivity index (χ3n) is 4.44. The molecular weight excluding hydrogens is 353 g/mol. The molecule has 4 nitrogen and oxygen atoms in total. The molecule has 0 bridgehead atoms. The first kappa shape index (κ1) is 17.7. The number of nitrogens with zero attached hydrogens (tertiary/aromatic N) is 2. The van der Waals surface area contributed by atoms with Crippen LogP contribution >= 0.6 is 0 Å². The van der Waals surface area contributed by atoms with Gasteiger partial charge in [-0.05, 0) is 48.4 Å². The molecule has 0 spiro atoms. The van der Waals surface area contributed by atoms with Crippen molar-refractivity contribution in [3.63, 3.8) is 0 Å². The first-order valence-electron chi connectivity index (χ1n) is 8.88. The lowest BCUT2D eigenvalue weighted by atomic mass is 10.1. The highest BCUT2D eigenvalue weighted by Gasteiger charge is 2.11. The molecule has 0 radical (unpaired) electrons. The van der Waals surface area contributed by atoms with E-state index in [1.807, 2.05) is 60.1 Å². The molecule has 1 amide bonds. The van der Waals surface area contributed by atoms with Crippen LogP contribution in [0, 0.1) is 12.7 Å². The van der Waals surface area contributed by atoms with Gasteiger partial charge in [0.25, 0.3) is 0 Å². The molecule has 1 N–H and O–H groups in total. The molecule has 2 aromatic carbocycles. The number of para-hydroxylation sites is 1. The van der Waals surface area contributed by atoms with Crippen LogP contribution < -0.4 is 5.32 Å². The molecule has 138 valence electrons. The number of rotatable bonds is 4. The topological polar surface area (TPSA) is 46.4 Å². The van der Waals surface area contributed by atoms with Gasteiger partial charge in [-0.2, -0.15) is 0 Å². The van der Waals surface area contributed by atoms with Crippen molar-refractivity contribution in [3.05, 3.63) is 96.1 Å². The second-order valence-corrected chi connectivity index (χ2v) is 6.47. The van der Waals surface area contributed by atoms with Gasteiger partial charge < -0.3 is 9.72 Å². The second-order valence-electron chi connectivity index (χ2n) is 6.47. The number of nitrogens with one attached hydrogen (secondary N) is 1. The first-order valence-corrected chi connectivity index (χ1v) is 8.88. The minimum absolute atomic E-state index is 0.267. The van der Waals surface area contributed by atoms with E-state index in [9.17, 15) is 9.18 Å². The van der Waals surface area contributed by atoms with Crippen LogP contribution in [0.3, 0.4) is 0 Å². The Balaban J connectivity index is 1.59. The van der Waals surface area contributed by atoms with Crippen LogP contribution in [-0.4, -0.2) is 15.3 Å². The number of imidazole rings is 1. The highest BCUT2D eigenvalue weighted by molar-refractivity contribution is 6.04. The van der Waals surface area contributed by atoms with E-state index in [4.69, 9.17) is 4.98 Å². The Labute approximate surface area is 162 Å². The standard InChI is InChI=1S/C23H18FN3O/c1-16-5-4-14-27-15-21(26-23(16)27)19-6-2-3-7-20(19)25-22(28)13-10-17-8-11-18(24)12-9-17/h2-15H,1H3,(H,25,28). The number of halogens is 1. The van der Waals surface area contributed by atoms with Crippen LogP contribution in [0.25, 0.3) is 23.0 Å². The lowest BCUT2D eigenvalue weighted by Crippen LogP contribution is -2.08. The van der Waals surface area contributed by atoms with Crippen molar-refractivity contribution in [3.8, 4) is 11.3 Å². The van der Waals surface area contributed by atoms with Gasteiger partial charge >= 0.3 is 0 Å². The maximum absolute atomic E-state index is 13.0. The van der Waals surface area contributed by atoms with Gasteiger partial charge in [0.15, 0.2) is 0 Å². The number of amides is 1. The van der Waals surface area contributed by atoms with E-state index in [-0.39, 0.29) is 11.7 Å². The van der Waals surface area contributed by atoms with Gasteiger partial charge in [0.05, 0.1) is 11.4 Å². The van der Waals surface area contributed by atoms with Crippen molar-refractivity contribution in [2.45, 2.75) is 6.92 Å². The van der Waals surface area contributed by atoms with Gasteiger partial charge in [-0.3, -0.25) is 4.79 Å². The smallest absolute Gasteiger partial charge is 0.248 e. The third kappa shape index (κ3) is 3.69. The van der Waals surface area contributed by atoms with E-state index in [0.29, 0.717) is 5.69 Å². The number of aryl methyl sites for hydroxylation is 1. The molecule has 0 aliphatic rings. The van der Waals surface area contributed by atoms with E-state index in [2.05, 4.69) is 5.32 Å². The summed E-state index contributed by atoms with van der Waals surface area (Å²) in [4.78, 5) is 17.1. The average molecular weight is 371 g/mol. The number of fused-ring (bicyclic) bond motifs is 1. The van der Waals surface area contributed by atoms with Gasteiger partial charge in [-0.25, -0.2) is 9.37 Å². The number of carbonyl (C=O) groups is 1. The van der Waals surface area contributed by atoms with Crippen molar-refractivity contribution in [2.75, 3.05) is 5.32 Å². The zero-order chi connectivity index (χ0) is 19.5. The summed E-state index contributed by atoms with van der Waals surface area (Å²) in [5.74, 6) is -0.574. The van der Waals surface area contributed by atoms with Crippen molar-refractivity contribution >= 4 is 23.3 Å². The quantitative estimate of drug-likeness (QED) is 0.507. The van der Waals surface area contributed by atoms with Crippen LogP contribution in [0.15, 0.2) is 79.1 Å². The summed E-state index contributed by atoms with van der Waals surface area (Å²) in [5, 5.41) is 2.90. The van der Waals surface area contributed by atoms with Crippen LogP contribution in [0.2, 0.25) is 0 Å². The molecule has 0 saturated carbocycles. The van der Waals surface area contributed by atoms with E-state index in [1.54, 1.807) is 18.2 Å². The summed E-state index contributed by atoms with van der Waals surface area (Å²) < 4.78 is 14.9. The molecule has 0 unspecified atom stereocenters. The van der Waals surface area contributed by atoms with Gasteiger partial charge in [0.2, 0.25) is 5.91 Å². The van der Waals surface area contributed by atoms with Gasteiger partial charge in [0, 0.05) is 24.0 Å². The van der Waals surface area contributed by atoms with Crippen molar-refractivity contribution in [1.82, 2.24) is 9.38 Å². The van der Waals surface area contributed by atoms with E-state index in [1.165, 1.54) is 18.2 Å². The first-order chi connectivity index (χ1) is 13.6. The summed E-state index contributed by atoms with van der Waals surface area (Å²) in [6.07, 6.45) is 6.97. The van der Waals surface area contributed by atoms with Gasteiger partial charge in [-0.15, -0.1) is 0 Å². The van der Waals surface area contributed by atoms with E-state index >= 15 is 0 Å². The Morgan fingerprint density at radius 1 is 1.07 bits per heavy atom. The van der Waals surface area contributed by atoms with Gasteiger partial charge in [-0.1, -0.05) is 36.4 Å². The Kier molecular flexibility index (Phi) is 4.72.